The number of aromatic nitrogens is 5. The van der Waals surface area contributed by atoms with Crippen LogP contribution in [0.15, 0.2) is 30.6 Å². The highest BCUT2D eigenvalue weighted by Gasteiger charge is 2.43. The van der Waals surface area contributed by atoms with E-state index in [0.717, 1.165) is 30.4 Å². The fourth-order valence-electron chi connectivity index (χ4n) is 5.04. The minimum absolute atomic E-state index is 0.133. The van der Waals surface area contributed by atoms with Crippen molar-refractivity contribution in [1.29, 1.82) is 0 Å². The highest BCUT2D eigenvalue weighted by molar-refractivity contribution is 5.42. The van der Waals surface area contributed by atoms with Crippen molar-refractivity contribution in [2.75, 3.05) is 23.3 Å². The molecular formula is C23H22F7N7O. The predicted molar refractivity (Wildman–Crippen MR) is 120 cm³/mol. The SMILES string of the molecule is Cc1cc(N2C[C@H]3CC[C@@H](C2)C3Nc2nc(Oc3ccc(F)c(C(F)(F)F)c3)n(CC(F)(F)F)n2)ncn1. The van der Waals surface area contributed by atoms with Crippen LogP contribution in [0.2, 0.25) is 0 Å². The summed E-state index contributed by atoms with van der Waals surface area (Å²) in [4.78, 5) is 14.6. The van der Waals surface area contributed by atoms with Crippen molar-refractivity contribution in [3.05, 3.63) is 47.7 Å². The van der Waals surface area contributed by atoms with Crippen molar-refractivity contribution < 1.29 is 35.5 Å². The van der Waals surface area contributed by atoms with Crippen molar-refractivity contribution in [3.8, 4) is 11.8 Å². The van der Waals surface area contributed by atoms with Crippen LogP contribution in [-0.2, 0) is 12.7 Å². The first kappa shape index (κ1) is 26.0. The summed E-state index contributed by atoms with van der Waals surface area (Å²) in [5.74, 6) is -1.15. The van der Waals surface area contributed by atoms with Gasteiger partial charge < -0.3 is 15.0 Å². The van der Waals surface area contributed by atoms with Crippen LogP contribution < -0.4 is 15.0 Å². The summed E-state index contributed by atoms with van der Waals surface area (Å²) in [5, 5.41) is 6.99. The van der Waals surface area contributed by atoms with E-state index in [4.69, 9.17) is 4.74 Å². The summed E-state index contributed by atoms with van der Waals surface area (Å²) in [7, 11) is 0. The van der Waals surface area contributed by atoms with Crippen LogP contribution in [0.25, 0.3) is 0 Å². The monoisotopic (exact) mass is 545 g/mol. The normalized spacial score (nSPS) is 21.6. The van der Waals surface area contributed by atoms with Gasteiger partial charge in [-0.3, -0.25) is 0 Å². The van der Waals surface area contributed by atoms with Gasteiger partial charge in [0.1, 0.15) is 30.3 Å². The number of nitrogens with one attached hydrogen (secondary N) is 1. The molecule has 1 saturated carbocycles. The van der Waals surface area contributed by atoms with E-state index in [1.807, 2.05) is 13.0 Å². The Hall–Kier alpha value is -3.65. The van der Waals surface area contributed by atoms with Gasteiger partial charge in [0, 0.05) is 30.9 Å². The number of piperidine rings is 1. The van der Waals surface area contributed by atoms with Gasteiger partial charge in [-0.25, -0.2) is 19.0 Å². The average molecular weight is 545 g/mol. The Morgan fingerprint density at radius 3 is 2.37 bits per heavy atom. The van der Waals surface area contributed by atoms with Gasteiger partial charge in [-0.15, -0.1) is 5.10 Å². The second-order valence-electron chi connectivity index (χ2n) is 9.42. The number of alkyl halides is 6. The molecule has 1 aliphatic heterocycles. The van der Waals surface area contributed by atoms with E-state index in [1.54, 1.807) is 0 Å². The van der Waals surface area contributed by atoms with Gasteiger partial charge in [0.15, 0.2) is 0 Å². The first-order chi connectivity index (χ1) is 17.9. The molecule has 1 unspecified atom stereocenters. The molecule has 2 fully saturated rings. The molecule has 38 heavy (non-hydrogen) atoms. The number of nitrogens with zero attached hydrogens (tertiary/aromatic N) is 6. The molecule has 2 aliphatic rings. The van der Waals surface area contributed by atoms with Gasteiger partial charge in [0.05, 0.1) is 5.56 Å². The summed E-state index contributed by atoms with van der Waals surface area (Å²) < 4.78 is 98.1. The molecule has 3 heterocycles. The number of benzene rings is 1. The zero-order valence-electron chi connectivity index (χ0n) is 19.9. The second kappa shape index (κ2) is 9.58. The van der Waals surface area contributed by atoms with Crippen LogP contribution in [-0.4, -0.2) is 50.0 Å². The smallest absolute Gasteiger partial charge is 0.419 e. The molecule has 3 aromatic rings. The molecule has 2 bridgehead atoms. The summed E-state index contributed by atoms with van der Waals surface area (Å²) in [6.07, 6.45) is -6.47. The van der Waals surface area contributed by atoms with Gasteiger partial charge >= 0.3 is 18.4 Å². The number of hydrogen-bond acceptors (Lipinski definition) is 7. The molecule has 0 amide bonds. The zero-order valence-corrected chi connectivity index (χ0v) is 19.9. The third-order valence-corrected chi connectivity index (χ3v) is 6.66. The lowest BCUT2D eigenvalue weighted by molar-refractivity contribution is -0.143. The van der Waals surface area contributed by atoms with Gasteiger partial charge in [-0.1, -0.05) is 0 Å². The number of aryl methyl sites for hydroxylation is 1. The maximum absolute atomic E-state index is 13.6. The van der Waals surface area contributed by atoms with Crippen LogP contribution in [0.3, 0.4) is 0 Å². The second-order valence-corrected chi connectivity index (χ2v) is 9.42. The minimum Gasteiger partial charge on any atom is -0.424 e. The van der Waals surface area contributed by atoms with E-state index in [-0.39, 0.29) is 23.8 Å². The third-order valence-electron chi connectivity index (χ3n) is 6.66. The van der Waals surface area contributed by atoms with Crippen LogP contribution in [0.4, 0.5) is 42.5 Å². The molecule has 2 aromatic heterocycles. The van der Waals surface area contributed by atoms with E-state index in [9.17, 15) is 30.7 Å². The molecule has 204 valence electrons. The summed E-state index contributed by atoms with van der Waals surface area (Å²) in [6, 6.07) is 2.83. The quantitative estimate of drug-likeness (QED) is 0.426. The van der Waals surface area contributed by atoms with Crippen LogP contribution >= 0.6 is 0 Å². The number of halogens is 7. The van der Waals surface area contributed by atoms with E-state index >= 15 is 0 Å². The molecule has 0 radical (unpaired) electrons. The van der Waals surface area contributed by atoms with Crippen molar-refractivity contribution >= 4 is 11.8 Å². The fraction of sp³-hybridized carbons (Fsp3) is 0.478. The van der Waals surface area contributed by atoms with E-state index in [1.165, 1.54) is 6.33 Å². The van der Waals surface area contributed by atoms with Gasteiger partial charge in [-0.05, 0) is 49.8 Å². The Labute approximate surface area is 211 Å². The maximum atomic E-state index is 13.6. The molecular weight excluding hydrogens is 523 g/mol. The molecule has 8 nitrogen and oxygen atoms in total. The Morgan fingerprint density at radius 2 is 1.74 bits per heavy atom. The highest BCUT2D eigenvalue weighted by Crippen LogP contribution is 2.40. The van der Waals surface area contributed by atoms with E-state index < -0.39 is 42.0 Å². The summed E-state index contributed by atoms with van der Waals surface area (Å²) in [5.41, 5.74) is -0.782. The van der Waals surface area contributed by atoms with Crippen molar-refractivity contribution in [1.82, 2.24) is 24.7 Å². The van der Waals surface area contributed by atoms with Crippen LogP contribution in [0.1, 0.15) is 24.1 Å². The zero-order chi connectivity index (χ0) is 27.2. The number of hydrogen-bond donors (Lipinski definition) is 1. The number of rotatable bonds is 6. The van der Waals surface area contributed by atoms with E-state index in [0.29, 0.717) is 29.9 Å². The van der Waals surface area contributed by atoms with Gasteiger partial charge in [0.2, 0.25) is 5.95 Å². The molecule has 15 heteroatoms. The minimum atomic E-state index is -5.02. The van der Waals surface area contributed by atoms with Crippen molar-refractivity contribution in [2.24, 2.45) is 11.8 Å². The summed E-state index contributed by atoms with van der Waals surface area (Å²) in [6.45, 7) is 1.61. The topological polar surface area (TPSA) is 81.0 Å². The fourth-order valence-corrected chi connectivity index (χ4v) is 5.04. The van der Waals surface area contributed by atoms with Gasteiger partial charge in [-0.2, -0.15) is 31.3 Å². The molecule has 5 rings (SSSR count). The summed E-state index contributed by atoms with van der Waals surface area (Å²) >= 11 is 0. The Kier molecular flexibility index (Phi) is 6.55. The highest BCUT2D eigenvalue weighted by atomic mass is 19.4. The Morgan fingerprint density at radius 1 is 1.03 bits per heavy atom. The molecule has 1 aliphatic carbocycles. The first-order valence-corrected chi connectivity index (χ1v) is 11.7. The van der Waals surface area contributed by atoms with E-state index in [2.05, 4.69) is 30.3 Å². The van der Waals surface area contributed by atoms with Crippen molar-refractivity contribution in [2.45, 2.75) is 44.7 Å². The maximum Gasteiger partial charge on any atom is 0.419 e. The lowest BCUT2D eigenvalue weighted by Gasteiger charge is -2.38. The Bertz CT molecular complexity index is 1300. The average Bonchev–Trinajstić information content (AvgIpc) is 3.27. The Balaban J connectivity index is 1.36. The standard InChI is InChI=1S/C23H22F7N7O/c1-12-6-18(32-11-31-12)36-8-13-2-3-14(9-36)19(13)33-20-34-21(37(35-20)10-22(25,26)27)38-15-4-5-17(24)16(7-15)23(28,29)30/h4-7,11,13-14,19H,2-3,8-10H2,1H3,(H,33,35)/t13-,14+,19?. The molecule has 1 N–H and O–H groups in total. The molecule has 1 saturated heterocycles. The third kappa shape index (κ3) is 5.60. The van der Waals surface area contributed by atoms with Crippen LogP contribution in [0.5, 0.6) is 11.8 Å². The number of ether oxygens (including phenoxy) is 1. The molecule has 1 aromatic carbocycles. The number of anilines is 2. The first-order valence-electron chi connectivity index (χ1n) is 11.7. The predicted octanol–water partition coefficient (Wildman–Crippen LogP) is 5.22. The lowest BCUT2D eigenvalue weighted by Crippen LogP contribution is -2.48. The van der Waals surface area contributed by atoms with Gasteiger partial charge in [0.25, 0.3) is 0 Å². The van der Waals surface area contributed by atoms with Crippen LogP contribution in [0, 0.1) is 24.6 Å². The molecule has 3 atom stereocenters. The number of fused-ring (bicyclic) bond motifs is 2. The lowest BCUT2D eigenvalue weighted by atomic mass is 9.92. The molecule has 0 spiro atoms. The van der Waals surface area contributed by atoms with Crippen molar-refractivity contribution in [3.63, 3.8) is 0 Å². The largest absolute Gasteiger partial charge is 0.424 e.